The van der Waals surface area contributed by atoms with Gasteiger partial charge in [0.25, 0.3) is 0 Å². The van der Waals surface area contributed by atoms with Gasteiger partial charge in [0, 0.05) is 31.1 Å². The minimum absolute atomic E-state index is 0.0323. The van der Waals surface area contributed by atoms with Gasteiger partial charge in [0.2, 0.25) is 11.8 Å². The first-order chi connectivity index (χ1) is 13.0. The number of carbonyl (C=O) groups excluding carboxylic acids is 2. The molecule has 1 aliphatic heterocycles. The highest BCUT2D eigenvalue weighted by atomic mass is 19.1. The Bertz CT molecular complexity index is 803. The van der Waals surface area contributed by atoms with Gasteiger partial charge in [0.05, 0.1) is 0 Å². The summed E-state index contributed by atoms with van der Waals surface area (Å²) >= 11 is 0. The second kappa shape index (κ2) is 8.75. The van der Waals surface area contributed by atoms with Gasteiger partial charge in [0.1, 0.15) is 11.6 Å². The lowest BCUT2D eigenvalue weighted by atomic mass is 9.95. The number of anilines is 1. The summed E-state index contributed by atoms with van der Waals surface area (Å²) in [6.45, 7) is 0.995. The standard InChI is InChI=1S/C21H22F2N2O2/c22-17-7-8-19(23)16(14-17)6-9-20(26)25-12-10-15(11-13-25)21(27)24-18-4-2-1-3-5-18/h1-5,7-8,14-15H,6,9-13H2,(H,24,27). The van der Waals surface area contributed by atoms with Gasteiger partial charge in [-0.1, -0.05) is 18.2 Å². The molecule has 1 heterocycles. The molecule has 2 aromatic rings. The first kappa shape index (κ1) is 19.0. The first-order valence-electron chi connectivity index (χ1n) is 9.10. The highest BCUT2D eigenvalue weighted by Crippen LogP contribution is 2.21. The maximum Gasteiger partial charge on any atom is 0.227 e. The minimum Gasteiger partial charge on any atom is -0.343 e. The van der Waals surface area contributed by atoms with Crippen LogP contribution in [0.3, 0.4) is 0 Å². The number of carbonyl (C=O) groups is 2. The largest absolute Gasteiger partial charge is 0.343 e. The number of likely N-dealkylation sites (tertiary alicyclic amines) is 1. The average molecular weight is 372 g/mol. The van der Waals surface area contributed by atoms with E-state index >= 15 is 0 Å². The van der Waals surface area contributed by atoms with E-state index < -0.39 is 11.6 Å². The molecule has 6 heteroatoms. The summed E-state index contributed by atoms with van der Waals surface area (Å²) in [5.41, 5.74) is 0.971. The normalized spacial score (nSPS) is 14.8. The fourth-order valence-electron chi connectivity index (χ4n) is 3.29. The number of halogens is 2. The van der Waals surface area contributed by atoms with Gasteiger partial charge in [-0.2, -0.15) is 0 Å². The Labute approximate surface area is 157 Å². The van der Waals surface area contributed by atoms with Gasteiger partial charge in [-0.05, 0) is 55.2 Å². The summed E-state index contributed by atoms with van der Waals surface area (Å²) in [4.78, 5) is 26.4. The second-order valence-electron chi connectivity index (χ2n) is 6.75. The second-order valence-corrected chi connectivity index (χ2v) is 6.75. The van der Waals surface area contributed by atoms with Gasteiger partial charge < -0.3 is 10.2 Å². The van der Waals surface area contributed by atoms with Crippen molar-refractivity contribution in [1.29, 1.82) is 0 Å². The number of nitrogens with zero attached hydrogens (tertiary/aromatic N) is 1. The van der Waals surface area contributed by atoms with Gasteiger partial charge in [-0.15, -0.1) is 0 Å². The molecule has 1 aliphatic rings. The van der Waals surface area contributed by atoms with Crippen molar-refractivity contribution in [3.63, 3.8) is 0 Å². The molecule has 4 nitrogen and oxygen atoms in total. The number of benzene rings is 2. The number of piperidine rings is 1. The van der Waals surface area contributed by atoms with E-state index in [0.717, 1.165) is 23.9 Å². The Morgan fingerprint density at radius 1 is 1.04 bits per heavy atom. The average Bonchev–Trinajstić information content (AvgIpc) is 2.69. The predicted octanol–water partition coefficient (Wildman–Crippen LogP) is 3.77. The minimum atomic E-state index is -0.510. The molecule has 3 rings (SSSR count). The maximum atomic E-state index is 13.6. The zero-order valence-electron chi connectivity index (χ0n) is 15.0. The third kappa shape index (κ3) is 5.12. The molecule has 1 fully saturated rings. The van der Waals surface area contributed by atoms with Crippen molar-refractivity contribution in [2.75, 3.05) is 18.4 Å². The topological polar surface area (TPSA) is 49.4 Å². The zero-order chi connectivity index (χ0) is 19.2. The van der Waals surface area contributed by atoms with Crippen molar-refractivity contribution in [2.45, 2.75) is 25.7 Å². The first-order valence-corrected chi connectivity index (χ1v) is 9.10. The molecule has 0 unspecified atom stereocenters. The van der Waals surface area contributed by atoms with Crippen LogP contribution in [0.15, 0.2) is 48.5 Å². The predicted molar refractivity (Wildman–Crippen MR) is 99.1 cm³/mol. The monoisotopic (exact) mass is 372 g/mol. The van der Waals surface area contributed by atoms with E-state index in [1.165, 1.54) is 0 Å². The van der Waals surface area contributed by atoms with Gasteiger partial charge in [-0.25, -0.2) is 8.78 Å². The van der Waals surface area contributed by atoms with Crippen molar-refractivity contribution in [3.8, 4) is 0 Å². The maximum absolute atomic E-state index is 13.6. The van der Waals surface area contributed by atoms with E-state index in [9.17, 15) is 18.4 Å². The van der Waals surface area contributed by atoms with Crippen LogP contribution < -0.4 is 5.32 Å². The Kier molecular flexibility index (Phi) is 6.16. The number of rotatable bonds is 5. The molecule has 142 valence electrons. The van der Waals surface area contributed by atoms with Crippen LogP contribution in [0.1, 0.15) is 24.8 Å². The lowest BCUT2D eigenvalue weighted by Crippen LogP contribution is -2.41. The van der Waals surface area contributed by atoms with Gasteiger partial charge in [0.15, 0.2) is 0 Å². The Hall–Kier alpha value is -2.76. The third-order valence-electron chi connectivity index (χ3n) is 4.88. The van der Waals surface area contributed by atoms with Crippen LogP contribution in [0.25, 0.3) is 0 Å². The number of aryl methyl sites for hydroxylation is 1. The molecule has 0 bridgehead atoms. The lowest BCUT2D eigenvalue weighted by molar-refractivity contribution is -0.134. The summed E-state index contributed by atoms with van der Waals surface area (Å²) in [6.07, 6.45) is 1.48. The number of hydrogen-bond acceptors (Lipinski definition) is 2. The fraction of sp³-hybridized carbons (Fsp3) is 0.333. The van der Waals surface area contributed by atoms with Crippen LogP contribution >= 0.6 is 0 Å². The quantitative estimate of drug-likeness (QED) is 0.869. The van der Waals surface area contributed by atoms with E-state index in [1.807, 2.05) is 30.3 Å². The van der Waals surface area contributed by atoms with E-state index in [1.54, 1.807) is 4.90 Å². The van der Waals surface area contributed by atoms with Gasteiger partial charge >= 0.3 is 0 Å². The summed E-state index contributed by atoms with van der Waals surface area (Å²) < 4.78 is 26.8. The lowest BCUT2D eigenvalue weighted by Gasteiger charge is -2.31. The van der Waals surface area contributed by atoms with Crippen LogP contribution in [0.5, 0.6) is 0 Å². The van der Waals surface area contributed by atoms with Crippen LogP contribution in [0.2, 0.25) is 0 Å². The Balaban J connectivity index is 1.46. The van der Waals surface area contributed by atoms with Crippen molar-refractivity contribution in [2.24, 2.45) is 5.92 Å². The molecular formula is C21H22F2N2O2. The number of hydrogen-bond donors (Lipinski definition) is 1. The van der Waals surface area contributed by atoms with E-state index in [-0.39, 0.29) is 36.1 Å². The molecule has 1 saturated heterocycles. The highest BCUT2D eigenvalue weighted by Gasteiger charge is 2.27. The molecule has 0 radical (unpaired) electrons. The molecule has 1 N–H and O–H groups in total. The number of amides is 2. The van der Waals surface area contributed by atoms with Crippen molar-refractivity contribution in [1.82, 2.24) is 4.90 Å². The van der Waals surface area contributed by atoms with E-state index in [2.05, 4.69) is 5.32 Å². The summed E-state index contributed by atoms with van der Waals surface area (Å²) in [5.74, 6) is -1.27. The third-order valence-corrected chi connectivity index (χ3v) is 4.88. The summed E-state index contributed by atoms with van der Waals surface area (Å²) in [6, 6.07) is 12.5. The summed E-state index contributed by atoms with van der Waals surface area (Å²) in [5, 5.41) is 2.89. The SMILES string of the molecule is O=C(Nc1ccccc1)C1CCN(C(=O)CCc2cc(F)ccc2F)CC1. The molecule has 2 amide bonds. The molecular weight excluding hydrogens is 350 g/mol. The molecule has 0 spiro atoms. The molecule has 27 heavy (non-hydrogen) atoms. The van der Waals surface area contributed by atoms with E-state index in [4.69, 9.17) is 0 Å². The molecule has 0 aliphatic carbocycles. The Morgan fingerprint density at radius 3 is 2.44 bits per heavy atom. The van der Waals surface area contributed by atoms with Crippen LogP contribution in [0.4, 0.5) is 14.5 Å². The van der Waals surface area contributed by atoms with Crippen LogP contribution in [-0.4, -0.2) is 29.8 Å². The summed E-state index contributed by atoms with van der Waals surface area (Å²) in [7, 11) is 0. The molecule has 0 atom stereocenters. The van der Waals surface area contributed by atoms with E-state index in [0.29, 0.717) is 25.9 Å². The Morgan fingerprint density at radius 2 is 1.74 bits per heavy atom. The van der Waals surface area contributed by atoms with Gasteiger partial charge in [-0.3, -0.25) is 9.59 Å². The number of para-hydroxylation sites is 1. The number of nitrogens with one attached hydrogen (secondary N) is 1. The van der Waals surface area contributed by atoms with Crippen molar-refractivity contribution in [3.05, 3.63) is 65.7 Å². The molecule has 0 aromatic heterocycles. The highest BCUT2D eigenvalue weighted by molar-refractivity contribution is 5.92. The molecule has 2 aromatic carbocycles. The molecule has 0 saturated carbocycles. The fourth-order valence-corrected chi connectivity index (χ4v) is 3.29. The van der Waals surface area contributed by atoms with Crippen LogP contribution in [-0.2, 0) is 16.0 Å². The van der Waals surface area contributed by atoms with Crippen molar-refractivity contribution >= 4 is 17.5 Å². The van der Waals surface area contributed by atoms with Crippen molar-refractivity contribution < 1.29 is 18.4 Å². The smallest absolute Gasteiger partial charge is 0.227 e. The van der Waals surface area contributed by atoms with Crippen LogP contribution in [0, 0.1) is 17.6 Å². The zero-order valence-corrected chi connectivity index (χ0v) is 15.0.